The van der Waals surface area contributed by atoms with Crippen LogP contribution in [0.2, 0.25) is 0 Å². The van der Waals surface area contributed by atoms with Crippen molar-refractivity contribution in [2.24, 2.45) is 20.5 Å². The van der Waals surface area contributed by atoms with E-state index in [0.29, 0.717) is 11.4 Å². The van der Waals surface area contributed by atoms with Crippen LogP contribution in [0.3, 0.4) is 0 Å². The van der Waals surface area contributed by atoms with Crippen molar-refractivity contribution < 1.29 is 24.5 Å². The van der Waals surface area contributed by atoms with E-state index in [-0.39, 0.29) is 57.4 Å². The van der Waals surface area contributed by atoms with Crippen LogP contribution < -0.4 is 11.5 Å². The zero-order chi connectivity index (χ0) is 30.8. The summed E-state index contributed by atoms with van der Waals surface area (Å²) in [5.41, 5.74) is 13.6. The molecule has 8 N–H and O–H groups in total. The number of nitrogens with zero attached hydrogens (tertiary/aromatic N) is 12. The second kappa shape index (κ2) is 11.2. The molecule has 5 aromatic rings. The average Bonchev–Trinajstić information content (AvgIpc) is 3.77. The maximum absolute atomic E-state index is 11.9. The number of esters is 1. The highest BCUT2D eigenvalue weighted by Gasteiger charge is 2.21. The second-order valence-electron chi connectivity index (χ2n) is 8.58. The Morgan fingerprint density at radius 3 is 1.86 bits per heavy atom. The number of methoxy groups -OCH3 is 1. The molecule has 0 aliphatic carbocycles. The number of aromatic hydroxyl groups is 1. The van der Waals surface area contributed by atoms with Gasteiger partial charge in [0.1, 0.15) is 12.2 Å². The minimum absolute atomic E-state index is 0.00340. The van der Waals surface area contributed by atoms with Gasteiger partial charge in [0.05, 0.1) is 36.5 Å². The van der Waals surface area contributed by atoms with E-state index in [1.165, 1.54) is 34.9 Å². The molecule has 0 fully saturated rings. The minimum atomic E-state index is -0.730. The topological polar surface area (TPSA) is 304 Å². The number of nitrogens with two attached hydrogens (primary N) is 2. The lowest BCUT2D eigenvalue weighted by Crippen LogP contribution is -2.09. The van der Waals surface area contributed by atoms with Gasteiger partial charge in [-0.25, -0.2) is 4.79 Å². The Bertz CT molecular complexity index is 1780. The molecule has 0 amide bonds. The second-order valence-corrected chi connectivity index (χ2v) is 8.58. The Kier molecular flexibility index (Phi) is 7.36. The number of hydrogen-bond donors (Lipinski definition) is 6. The molecule has 0 aromatic carbocycles. The number of H-pyrrole nitrogens is 2. The molecule has 0 unspecified atom stereocenters. The standard InChI is InChI=1S/C22H22N16O5/c1-8-15(29-33-19-10(5-25-31-19)12(40)7-39)17(23)37(35-8)13-4-14(28-22(42)27-13)38-18(24)16(9(2)36-38)30-34-20-11(6-26-32-20)21(41)43-3/h4-6,39H,7,23-24H2,1-3H3,(H,25,31)(H,26,32)(H,27,28,42). The van der Waals surface area contributed by atoms with Crippen molar-refractivity contribution in [3.8, 4) is 17.6 Å². The first-order chi connectivity index (χ1) is 20.6. The van der Waals surface area contributed by atoms with E-state index in [1.807, 2.05) is 0 Å². The first-order valence-electron chi connectivity index (χ1n) is 12.0. The number of aryl methyl sites for hydroxylation is 2. The predicted octanol–water partition coefficient (Wildman–Crippen LogP) is 1.57. The molecule has 0 saturated carbocycles. The van der Waals surface area contributed by atoms with Crippen LogP contribution in [-0.2, 0) is 4.74 Å². The first kappa shape index (κ1) is 28.2. The largest absolute Gasteiger partial charge is 0.479 e. The molecule has 0 bridgehead atoms. The molecule has 0 spiro atoms. The van der Waals surface area contributed by atoms with Gasteiger partial charge in [-0.05, 0) is 13.8 Å². The molecule has 5 aromatic heterocycles. The van der Waals surface area contributed by atoms with Crippen LogP contribution in [0.15, 0.2) is 38.9 Å². The third-order valence-corrected chi connectivity index (χ3v) is 5.84. The van der Waals surface area contributed by atoms with E-state index < -0.39 is 24.4 Å². The van der Waals surface area contributed by atoms with Crippen molar-refractivity contribution in [3.05, 3.63) is 41.0 Å². The molecular weight excluding hydrogens is 568 g/mol. The fourth-order valence-electron chi connectivity index (χ4n) is 3.76. The molecule has 0 aliphatic heterocycles. The van der Waals surface area contributed by atoms with Gasteiger partial charge in [-0.15, -0.1) is 20.5 Å². The number of aliphatic hydroxyl groups excluding tert-OH is 1. The van der Waals surface area contributed by atoms with E-state index in [0.717, 1.165) is 0 Å². The molecule has 5 rings (SSSR count). The molecule has 0 saturated heterocycles. The number of ketones is 1. The van der Waals surface area contributed by atoms with Gasteiger partial charge in [0, 0.05) is 6.07 Å². The smallest absolute Gasteiger partial charge is 0.343 e. The highest BCUT2D eigenvalue weighted by atomic mass is 16.5. The SMILES string of the molecule is COC(=O)c1cn[nH]c1N=Nc1c(C)nn(-c2cc(-n3nc(C)c(N=Nc4[nH]ncc4C(=O)CO)c3N)nc(O)n2)c1N. The summed E-state index contributed by atoms with van der Waals surface area (Å²) in [6.45, 7) is 2.49. The van der Waals surface area contributed by atoms with E-state index in [1.54, 1.807) is 13.8 Å². The quantitative estimate of drug-likeness (QED) is 0.0807. The molecule has 21 nitrogen and oxygen atoms in total. The molecule has 21 heteroatoms. The number of rotatable bonds is 9. The number of nitrogens with one attached hydrogen (secondary N) is 2. The Morgan fingerprint density at radius 1 is 0.884 bits per heavy atom. The molecule has 0 radical (unpaired) electrons. The van der Waals surface area contributed by atoms with Crippen LogP contribution in [0.4, 0.5) is 34.6 Å². The maximum Gasteiger partial charge on any atom is 0.343 e. The zero-order valence-electron chi connectivity index (χ0n) is 22.6. The lowest BCUT2D eigenvalue weighted by atomic mass is 10.2. The molecular formula is C22H22N16O5. The summed E-state index contributed by atoms with van der Waals surface area (Å²) in [5.74, 6) is -1.17. The van der Waals surface area contributed by atoms with Crippen LogP contribution in [0.25, 0.3) is 11.6 Å². The summed E-state index contributed by atoms with van der Waals surface area (Å²) in [5, 5.41) is 56.8. The van der Waals surface area contributed by atoms with E-state index in [4.69, 9.17) is 16.6 Å². The summed E-state index contributed by atoms with van der Waals surface area (Å²) in [7, 11) is 1.22. The number of ether oxygens (including phenoxy) is 1. The predicted molar refractivity (Wildman–Crippen MR) is 145 cm³/mol. The normalized spacial score (nSPS) is 11.6. The number of anilines is 2. The van der Waals surface area contributed by atoms with Gasteiger partial charge in [-0.1, -0.05) is 0 Å². The van der Waals surface area contributed by atoms with Crippen LogP contribution in [-0.4, -0.2) is 85.6 Å². The molecule has 0 aliphatic rings. The van der Waals surface area contributed by atoms with Gasteiger partial charge in [-0.3, -0.25) is 15.0 Å². The van der Waals surface area contributed by atoms with Crippen molar-refractivity contribution in [1.29, 1.82) is 0 Å². The summed E-state index contributed by atoms with van der Waals surface area (Å²) >= 11 is 0. The number of carbonyl (C=O) groups excluding carboxylic acids is 2. The number of aromatic amines is 2. The third kappa shape index (κ3) is 5.24. The monoisotopic (exact) mass is 590 g/mol. The van der Waals surface area contributed by atoms with Crippen molar-refractivity contribution in [1.82, 2.24) is 49.9 Å². The van der Waals surface area contributed by atoms with Gasteiger partial charge in [-0.2, -0.15) is 39.7 Å². The van der Waals surface area contributed by atoms with Crippen LogP contribution in [0.1, 0.15) is 32.1 Å². The summed E-state index contributed by atoms with van der Waals surface area (Å²) in [6.07, 6.45) is 2.46. The molecule has 43 heavy (non-hydrogen) atoms. The first-order valence-corrected chi connectivity index (χ1v) is 12.0. The maximum atomic E-state index is 11.9. The van der Waals surface area contributed by atoms with Crippen molar-refractivity contribution in [2.75, 3.05) is 25.2 Å². The lowest BCUT2D eigenvalue weighted by molar-refractivity contribution is 0.0601. The van der Waals surface area contributed by atoms with Gasteiger partial charge < -0.3 is 26.4 Å². The summed E-state index contributed by atoms with van der Waals surface area (Å²) in [6, 6.07) is 0.744. The Hall–Kier alpha value is -6.38. The van der Waals surface area contributed by atoms with E-state index >= 15 is 0 Å². The molecule has 220 valence electrons. The molecule has 5 heterocycles. The third-order valence-electron chi connectivity index (χ3n) is 5.84. The highest BCUT2D eigenvalue weighted by molar-refractivity contribution is 6.00. The van der Waals surface area contributed by atoms with Gasteiger partial charge in [0.25, 0.3) is 0 Å². The summed E-state index contributed by atoms with van der Waals surface area (Å²) < 4.78 is 7.06. The zero-order valence-corrected chi connectivity index (χ0v) is 22.6. The lowest BCUT2D eigenvalue weighted by Gasteiger charge is -2.07. The van der Waals surface area contributed by atoms with Gasteiger partial charge in [0.15, 0.2) is 52.1 Å². The number of azo groups is 2. The minimum Gasteiger partial charge on any atom is -0.479 e. The highest BCUT2D eigenvalue weighted by Crippen LogP contribution is 2.33. The van der Waals surface area contributed by atoms with Crippen LogP contribution in [0, 0.1) is 13.8 Å². The Labute approximate surface area is 239 Å². The molecule has 0 atom stereocenters. The van der Waals surface area contributed by atoms with Crippen molar-refractivity contribution in [3.63, 3.8) is 0 Å². The Morgan fingerprint density at radius 2 is 1.37 bits per heavy atom. The summed E-state index contributed by atoms with van der Waals surface area (Å²) in [4.78, 5) is 31.7. The number of hydrogen-bond acceptors (Lipinski definition) is 17. The number of Topliss-reactive ketones (excluding diaryl/α,β-unsaturated/α-hetero) is 1. The number of carbonyl (C=O) groups is 2. The van der Waals surface area contributed by atoms with Crippen LogP contribution in [0.5, 0.6) is 6.01 Å². The van der Waals surface area contributed by atoms with Gasteiger partial charge >= 0.3 is 12.0 Å². The van der Waals surface area contributed by atoms with Crippen molar-refractivity contribution in [2.45, 2.75) is 13.8 Å². The van der Waals surface area contributed by atoms with E-state index in [2.05, 4.69) is 65.8 Å². The average molecular weight is 591 g/mol. The van der Waals surface area contributed by atoms with E-state index in [9.17, 15) is 14.7 Å². The van der Waals surface area contributed by atoms with Crippen LogP contribution >= 0.6 is 0 Å². The number of aliphatic hydroxyl groups is 1. The number of nitrogen functional groups attached to an aromatic ring is 2. The number of aromatic nitrogens is 10. The van der Waals surface area contributed by atoms with Gasteiger partial charge in [0.2, 0.25) is 0 Å². The fraction of sp³-hybridized carbons (Fsp3) is 0.182. The van der Waals surface area contributed by atoms with Crippen molar-refractivity contribution >= 4 is 46.4 Å². The fourth-order valence-corrected chi connectivity index (χ4v) is 3.76. The Balaban J connectivity index is 1.48.